The fraction of sp³-hybridized carbons (Fsp3) is 0.519. The molecule has 232 valence electrons. The quantitative estimate of drug-likeness (QED) is 0.179. The molecule has 3 heterocycles. The number of Topliss-reactive ketones (excluding diaryl/α,β-unsaturated/α-hetero) is 1. The highest BCUT2D eigenvalue weighted by molar-refractivity contribution is 6.02. The van der Waals surface area contributed by atoms with Gasteiger partial charge in [0.2, 0.25) is 6.29 Å². The van der Waals surface area contributed by atoms with Crippen LogP contribution in [0.15, 0.2) is 36.4 Å². The van der Waals surface area contributed by atoms with Crippen LogP contribution >= 0.6 is 0 Å². The van der Waals surface area contributed by atoms with Gasteiger partial charge < -0.3 is 70.0 Å². The molecule has 3 aliphatic rings. The summed E-state index contributed by atoms with van der Waals surface area (Å²) in [6.07, 6.45) is -16.0. The molecule has 10 N–H and O–H groups in total. The molecule has 0 aliphatic carbocycles. The molecule has 8 unspecified atom stereocenters. The molecule has 0 radical (unpaired) electrons. The minimum Gasteiger partial charge on any atom is -0.508 e. The Kier molecular flexibility index (Phi) is 9.58. The Morgan fingerprint density at radius 1 is 0.881 bits per heavy atom. The van der Waals surface area contributed by atoms with E-state index >= 15 is 0 Å². The zero-order valence-corrected chi connectivity index (χ0v) is 22.3. The number of ether oxygens (including phenoxy) is 5. The van der Waals surface area contributed by atoms with Crippen LogP contribution in [0.2, 0.25) is 0 Å². The molecule has 15 heteroatoms. The Labute approximate surface area is 239 Å². The second-order valence-corrected chi connectivity index (χ2v) is 10.2. The molecule has 5 rings (SSSR count). The number of rotatable bonds is 6. The zero-order valence-electron chi connectivity index (χ0n) is 22.3. The topological polar surface area (TPSA) is 257 Å². The molecule has 3 aliphatic heterocycles. The minimum atomic E-state index is -1.75. The number of phenolic OH excluding ortho intramolecular Hbond substituents is 2. The van der Waals surface area contributed by atoms with Crippen LogP contribution in [0, 0.1) is 0 Å². The first-order valence-electron chi connectivity index (χ1n) is 13.0. The summed E-state index contributed by atoms with van der Waals surface area (Å²) in [7, 11) is 0. The summed E-state index contributed by atoms with van der Waals surface area (Å²) in [4.78, 5) is 12.9. The third-order valence-electron chi connectivity index (χ3n) is 7.42. The van der Waals surface area contributed by atoms with Gasteiger partial charge in [0.05, 0.1) is 19.1 Å². The van der Waals surface area contributed by atoms with Gasteiger partial charge in [0.1, 0.15) is 71.3 Å². The van der Waals surface area contributed by atoms with E-state index in [2.05, 4.69) is 0 Å². The van der Waals surface area contributed by atoms with Crippen molar-refractivity contribution in [2.24, 2.45) is 0 Å². The molecule has 2 saturated heterocycles. The van der Waals surface area contributed by atoms with Gasteiger partial charge in [-0.15, -0.1) is 0 Å². The molecule has 0 saturated carbocycles. The van der Waals surface area contributed by atoms with Crippen molar-refractivity contribution in [2.45, 2.75) is 80.9 Å². The lowest BCUT2D eigenvalue weighted by Gasteiger charge is -2.45. The van der Waals surface area contributed by atoms with Crippen LogP contribution in [0.4, 0.5) is 0 Å². The van der Waals surface area contributed by atoms with Gasteiger partial charge in [0.15, 0.2) is 18.2 Å². The van der Waals surface area contributed by atoms with Crippen LogP contribution < -0.4 is 9.47 Å². The smallest absolute Gasteiger partial charge is 0.229 e. The summed E-state index contributed by atoms with van der Waals surface area (Å²) in [6, 6.07) is 8.50. The van der Waals surface area contributed by atoms with Crippen molar-refractivity contribution in [3.63, 3.8) is 0 Å². The molecule has 11 atom stereocenters. The summed E-state index contributed by atoms with van der Waals surface area (Å²) < 4.78 is 28.6. The van der Waals surface area contributed by atoms with Gasteiger partial charge in [-0.05, 0) is 24.6 Å². The Bertz CT molecular complexity index is 1240. The molecule has 15 nitrogen and oxygen atoms in total. The normalized spacial score (nSPS) is 36.4. The highest BCUT2D eigenvalue weighted by atomic mass is 16.8. The standard InChI is InChI=1S/C27H32O14.H2O/c1-10-20(32)22(34)24(36)26(37-10)41-25-23(35)21(33)18(9-28)40-27(25)38-13-6-14(30)19-15(31)8-16(39-17(19)7-13)11-2-4-12(29)5-3-11;/h2-7,10,16,18,20-30,32-36H,8-9H2,1H3;1H2/t10?,16?,18?,20?,21?,22?,23?,24?,25-,26+,27-;/m1./s1. The molecule has 0 aromatic heterocycles. The van der Waals surface area contributed by atoms with Crippen LogP contribution in [0.1, 0.15) is 35.4 Å². The van der Waals surface area contributed by atoms with Crippen LogP contribution in [0.25, 0.3) is 0 Å². The van der Waals surface area contributed by atoms with Crippen molar-refractivity contribution in [1.82, 2.24) is 0 Å². The van der Waals surface area contributed by atoms with Crippen LogP contribution in [-0.2, 0) is 14.2 Å². The number of aromatic hydroxyl groups is 2. The first-order valence-corrected chi connectivity index (χ1v) is 13.0. The predicted octanol–water partition coefficient (Wildman–Crippen LogP) is -1.99. The zero-order chi connectivity index (χ0) is 29.6. The molecule has 2 fully saturated rings. The Morgan fingerprint density at radius 2 is 1.57 bits per heavy atom. The lowest BCUT2D eigenvalue weighted by atomic mass is 9.95. The number of fused-ring (bicyclic) bond motifs is 1. The van der Waals surface area contributed by atoms with E-state index in [9.17, 15) is 45.6 Å². The average molecular weight is 599 g/mol. The van der Waals surface area contributed by atoms with Crippen molar-refractivity contribution in [2.75, 3.05) is 6.61 Å². The lowest BCUT2D eigenvalue weighted by molar-refractivity contribution is -0.354. The van der Waals surface area contributed by atoms with Crippen LogP contribution in [0.3, 0.4) is 0 Å². The molecule has 0 spiro atoms. The van der Waals surface area contributed by atoms with E-state index < -0.39 is 85.7 Å². The van der Waals surface area contributed by atoms with E-state index in [1.165, 1.54) is 25.1 Å². The van der Waals surface area contributed by atoms with Gasteiger partial charge in [0.25, 0.3) is 0 Å². The first kappa shape index (κ1) is 31.8. The lowest BCUT2D eigenvalue weighted by Crippen LogP contribution is -2.64. The highest BCUT2D eigenvalue weighted by Crippen LogP contribution is 2.43. The number of aliphatic hydroxyl groups excluding tert-OH is 6. The number of carbonyl (C=O) groups is 1. The fourth-order valence-electron chi connectivity index (χ4n) is 5.07. The van der Waals surface area contributed by atoms with E-state index in [1.54, 1.807) is 12.1 Å². The maximum atomic E-state index is 12.9. The minimum absolute atomic E-state index is 0. The fourth-order valence-corrected chi connectivity index (χ4v) is 5.07. The van der Waals surface area contributed by atoms with Crippen molar-refractivity contribution in [1.29, 1.82) is 0 Å². The van der Waals surface area contributed by atoms with Crippen LogP contribution in [0.5, 0.6) is 23.0 Å². The third kappa shape index (κ3) is 6.02. The first-order chi connectivity index (χ1) is 19.5. The Morgan fingerprint density at radius 3 is 2.24 bits per heavy atom. The largest absolute Gasteiger partial charge is 0.508 e. The summed E-state index contributed by atoms with van der Waals surface area (Å²) >= 11 is 0. The second-order valence-electron chi connectivity index (χ2n) is 10.2. The summed E-state index contributed by atoms with van der Waals surface area (Å²) in [6.45, 7) is 0.716. The third-order valence-corrected chi connectivity index (χ3v) is 7.42. The van der Waals surface area contributed by atoms with Crippen LogP contribution in [-0.4, -0.2) is 120 Å². The molecule has 0 bridgehead atoms. The average Bonchev–Trinajstić information content (AvgIpc) is 2.94. The summed E-state index contributed by atoms with van der Waals surface area (Å²) in [5, 5.41) is 81.6. The summed E-state index contributed by atoms with van der Waals surface area (Å²) in [5.74, 6) is -0.947. The number of phenols is 2. The van der Waals surface area contributed by atoms with Gasteiger partial charge >= 0.3 is 0 Å². The van der Waals surface area contributed by atoms with Crippen molar-refractivity contribution in [3.8, 4) is 23.0 Å². The van der Waals surface area contributed by atoms with E-state index in [1.807, 2.05) is 0 Å². The monoisotopic (exact) mass is 598 g/mol. The van der Waals surface area contributed by atoms with E-state index in [-0.39, 0.29) is 34.7 Å². The van der Waals surface area contributed by atoms with Gasteiger partial charge in [-0.25, -0.2) is 0 Å². The van der Waals surface area contributed by atoms with Gasteiger partial charge in [-0.2, -0.15) is 0 Å². The van der Waals surface area contributed by atoms with Gasteiger partial charge in [-0.3, -0.25) is 4.79 Å². The van der Waals surface area contributed by atoms with Crippen molar-refractivity contribution >= 4 is 5.78 Å². The number of aliphatic hydroxyl groups is 6. The van der Waals surface area contributed by atoms with Gasteiger partial charge in [-0.1, -0.05) is 12.1 Å². The van der Waals surface area contributed by atoms with Crippen molar-refractivity contribution in [3.05, 3.63) is 47.5 Å². The number of hydrogen-bond donors (Lipinski definition) is 8. The van der Waals surface area contributed by atoms with E-state index in [0.29, 0.717) is 5.56 Å². The van der Waals surface area contributed by atoms with Crippen molar-refractivity contribution < 1.29 is 74.8 Å². The molecule has 2 aromatic carbocycles. The highest BCUT2D eigenvalue weighted by Gasteiger charge is 2.51. The van der Waals surface area contributed by atoms with E-state index in [4.69, 9.17) is 23.7 Å². The molecule has 0 amide bonds. The molecular weight excluding hydrogens is 564 g/mol. The van der Waals surface area contributed by atoms with E-state index in [0.717, 1.165) is 6.07 Å². The maximum Gasteiger partial charge on any atom is 0.229 e. The number of hydrogen-bond acceptors (Lipinski definition) is 14. The molecular formula is C27H34O15. The maximum absolute atomic E-state index is 12.9. The SMILES string of the molecule is CC1O[C@@H](O[C@@H]2C(O)C(O)C(CO)O[C@H]2Oc2cc(O)c3c(c2)OC(c2ccc(O)cc2)CC3=O)C(O)C(O)C1O.O. The Balaban J connectivity index is 0.00000405. The second kappa shape index (κ2) is 12.6. The molecule has 42 heavy (non-hydrogen) atoms. The summed E-state index contributed by atoms with van der Waals surface area (Å²) in [5.41, 5.74) is 0.529. The number of benzene rings is 2. The number of ketones is 1. The van der Waals surface area contributed by atoms with Gasteiger partial charge in [0, 0.05) is 12.1 Å². The number of carbonyl (C=O) groups excluding carboxylic acids is 1. The predicted molar refractivity (Wildman–Crippen MR) is 138 cm³/mol. The Hall–Kier alpha value is -3.09. The molecule has 2 aromatic rings.